The number of alkyl carbamates (subject to hydrolysis) is 1. The van der Waals surface area contributed by atoms with Gasteiger partial charge in [0.25, 0.3) is 5.91 Å². The zero-order valence-electron chi connectivity index (χ0n) is 24.9. The normalized spacial score (nSPS) is 12.8. The van der Waals surface area contributed by atoms with Gasteiger partial charge in [-0.05, 0) is 94.4 Å². The Morgan fingerprint density at radius 2 is 1.75 bits per heavy atom. The average molecular weight is 572 g/mol. The molecule has 2 rings (SSSR count). The highest BCUT2D eigenvalue weighted by atomic mass is 32.2. The maximum atomic E-state index is 14.3. The molecule has 0 radical (unpaired) electrons. The lowest BCUT2D eigenvalue weighted by Gasteiger charge is -2.35. The monoisotopic (exact) mass is 571 g/mol. The first-order chi connectivity index (χ1) is 18.9. The number of phenolic OH excluding ortho intramolecular Hbond substituents is 1. The topological polar surface area (TPSA) is 108 Å². The molecule has 9 heteroatoms. The van der Waals surface area contributed by atoms with Crippen LogP contribution in [-0.4, -0.2) is 58.1 Å². The third-order valence-electron chi connectivity index (χ3n) is 6.38. The summed E-state index contributed by atoms with van der Waals surface area (Å²) in [6, 6.07) is 10.5. The summed E-state index contributed by atoms with van der Waals surface area (Å²) in [7, 11) is 0. The van der Waals surface area contributed by atoms with Gasteiger partial charge in [-0.15, -0.1) is 0 Å². The summed E-state index contributed by atoms with van der Waals surface area (Å²) < 4.78 is 5.46. The van der Waals surface area contributed by atoms with Crippen molar-refractivity contribution in [3.8, 4) is 5.75 Å². The molecule has 3 amide bonds. The number of anilines is 1. The van der Waals surface area contributed by atoms with Crippen LogP contribution >= 0.6 is 11.8 Å². The summed E-state index contributed by atoms with van der Waals surface area (Å²) in [6.07, 6.45) is 4.14. The molecule has 0 bridgehead atoms. The number of aryl methyl sites for hydroxylation is 2. The van der Waals surface area contributed by atoms with Crippen LogP contribution in [-0.2, 0) is 14.3 Å². The number of amides is 3. The van der Waals surface area contributed by atoms with Crippen LogP contribution in [0.15, 0.2) is 42.5 Å². The molecule has 40 heavy (non-hydrogen) atoms. The van der Waals surface area contributed by atoms with Gasteiger partial charge in [0.2, 0.25) is 5.91 Å². The number of phenols is 1. The van der Waals surface area contributed by atoms with Gasteiger partial charge in [-0.2, -0.15) is 11.8 Å². The smallest absolute Gasteiger partial charge is 0.408 e. The Balaban J connectivity index is 2.56. The number of hydrogen-bond donors (Lipinski definition) is 3. The van der Waals surface area contributed by atoms with Gasteiger partial charge in [-0.3, -0.25) is 9.59 Å². The molecule has 2 aromatic carbocycles. The number of thioether (sulfide) groups is 1. The molecule has 2 unspecified atom stereocenters. The third kappa shape index (κ3) is 10.1. The minimum atomic E-state index is -0.986. The van der Waals surface area contributed by atoms with E-state index < -0.39 is 23.8 Å². The number of nitrogens with one attached hydrogen (secondary N) is 2. The van der Waals surface area contributed by atoms with Crippen molar-refractivity contribution in [3.63, 3.8) is 0 Å². The van der Waals surface area contributed by atoms with Crippen LogP contribution in [0.4, 0.5) is 10.5 Å². The largest absolute Gasteiger partial charge is 0.508 e. The van der Waals surface area contributed by atoms with Crippen LogP contribution in [0, 0.1) is 13.8 Å². The Morgan fingerprint density at radius 3 is 2.35 bits per heavy atom. The van der Waals surface area contributed by atoms with Crippen LogP contribution in [0.5, 0.6) is 5.75 Å². The van der Waals surface area contributed by atoms with Crippen molar-refractivity contribution >= 4 is 35.4 Å². The molecule has 0 fully saturated rings. The van der Waals surface area contributed by atoms with E-state index in [9.17, 15) is 19.5 Å². The number of rotatable bonds is 13. The van der Waals surface area contributed by atoms with E-state index in [1.165, 1.54) is 6.07 Å². The van der Waals surface area contributed by atoms with Crippen LogP contribution in [0.3, 0.4) is 0 Å². The molecule has 0 saturated heterocycles. The van der Waals surface area contributed by atoms with Crippen molar-refractivity contribution in [2.75, 3.05) is 23.9 Å². The highest BCUT2D eigenvalue weighted by molar-refractivity contribution is 7.98. The molecule has 0 aliphatic rings. The van der Waals surface area contributed by atoms with Crippen molar-refractivity contribution in [2.45, 2.75) is 84.9 Å². The number of aromatic hydroxyl groups is 1. The summed E-state index contributed by atoms with van der Waals surface area (Å²) in [6.45, 7) is 11.4. The lowest BCUT2D eigenvalue weighted by Crippen LogP contribution is -2.52. The van der Waals surface area contributed by atoms with Gasteiger partial charge >= 0.3 is 6.09 Å². The second-order valence-corrected chi connectivity index (χ2v) is 12.0. The Bertz CT molecular complexity index is 1150. The number of benzene rings is 2. The van der Waals surface area contributed by atoms with Crippen molar-refractivity contribution in [1.29, 1.82) is 0 Å². The SMILES string of the molecule is CCCCCN(C(=O)C(CCSC)NC(=O)OC(C)(C)C)C(C(=O)Nc1ccccc1C)c1ccc(O)c(C)c1. The van der Waals surface area contributed by atoms with Crippen LogP contribution < -0.4 is 10.6 Å². The Morgan fingerprint density at radius 1 is 1.05 bits per heavy atom. The predicted octanol–water partition coefficient (Wildman–Crippen LogP) is 6.35. The van der Waals surface area contributed by atoms with Gasteiger partial charge < -0.3 is 25.4 Å². The quantitative estimate of drug-likeness (QED) is 0.242. The summed E-state index contributed by atoms with van der Waals surface area (Å²) >= 11 is 1.57. The van der Waals surface area contributed by atoms with Gasteiger partial charge in [-0.1, -0.05) is 44.0 Å². The number of para-hydroxylation sites is 1. The first-order valence-corrected chi connectivity index (χ1v) is 15.2. The summed E-state index contributed by atoms with van der Waals surface area (Å²) in [5.74, 6) is 0.0137. The van der Waals surface area contributed by atoms with Gasteiger partial charge in [0, 0.05) is 12.2 Å². The van der Waals surface area contributed by atoms with Gasteiger partial charge in [0.05, 0.1) is 0 Å². The van der Waals surface area contributed by atoms with Crippen molar-refractivity contribution in [3.05, 3.63) is 59.2 Å². The maximum Gasteiger partial charge on any atom is 0.408 e. The molecule has 8 nitrogen and oxygen atoms in total. The summed E-state index contributed by atoms with van der Waals surface area (Å²) in [4.78, 5) is 42.6. The zero-order valence-corrected chi connectivity index (χ0v) is 25.7. The second kappa shape index (κ2) is 15.6. The van der Waals surface area contributed by atoms with E-state index in [2.05, 4.69) is 17.6 Å². The van der Waals surface area contributed by atoms with Crippen molar-refractivity contribution < 1.29 is 24.2 Å². The van der Waals surface area contributed by atoms with Gasteiger partial charge in [0.15, 0.2) is 0 Å². The number of carbonyl (C=O) groups is 3. The molecule has 2 atom stereocenters. The number of ether oxygens (including phenoxy) is 1. The zero-order chi connectivity index (χ0) is 29.9. The van der Waals surface area contributed by atoms with E-state index in [4.69, 9.17) is 4.74 Å². The third-order valence-corrected chi connectivity index (χ3v) is 7.03. The standard InChI is InChI=1S/C31H45N3O5S/c1-8-9-12-18-34(29(37)25(17-19-40-7)33-30(38)39-31(4,5)6)27(23-15-16-26(35)22(3)20-23)28(36)32-24-14-11-10-13-21(24)2/h10-11,13-16,20,25,27,35H,8-9,12,17-19H2,1-7H3,(H,32,36)(H,33,38). The Hall–Kier alpha value is -3.20. The fourth-order valence-electron chi connectivity index (χ4n) is 4.28. The summed E-state index contributed by atoms with van der Waals surface area (Å²) in [5, 5.41) is 16.0. The maximum absolute atomic E-state index is 14.3. The molecular formula is C31H45N3O5S. The number of nitrogens with zero attached hydrogens (tertiary/aromatic N) is 1. The molecule has 0 spiro atoms. The lowest BCUT2D eigenvalue weighted by atomic mass is 9.99. The minimum Gasteiger partial charge on any atom is -0.508 e. The molecule has 0 aliphatic heterocycles. The van der Waals surface area contributed by atoms with Crippen molar-refractivity contribution in [2.24, 2.45) is 0 Å². The van der Waals surface area contributed by atoms with Gasteiger partial charge in [-0.25, -0.2) is 4.79 Å². The molecule has 0 saturated carbocycles. The second-order valence-electron chi connectivity index (χ2n) is 11.0. The number of hydrogen-bond acceptors (Lipinski definition) is 6. The molecule has 0 aliphatic carbocycles. The van der Waals surface area contributed by atoms with E-state index in [-0.39, 0.29) is 17.6 Å². The first kappa shape index (κ1) is 33.0. The Kier molecular flexibility index (Phi) is 12.8. The van der Waals surface area contributed by atoms with Gasteiger partial charge in [0.1, 0.15) is 23.4 Å². The molecular weight excluding hydrogens is 526 g/mol. The van der Waals surface area contributed by atoms with Crippen molar-refractivity contribution in [1.82, 2.24) is 10.2 Å². The van der Waals surface area contributed by atoms with Crippen LogP contribution in [0.25, 0.3) is 0 Å². The van der Waals surface area contributed by atoms with E-state index >= 15 is 0 Å². The lowest BCUT2D eigenvalue weighted by molar-refractivity contribution is -0.141. The molecule has 2 aromatic rings. The summed E-state index contributed by atoms with van der Waals surface area (Å²) in [5.41, 5.74) is 1.99. The number of unbranched alkanes of at least 4 members (excludes halogenated alkanes) is 2. The molecule has 220 valence electrons. The highest BCUT2D eigenvalue weighted by Crippen LogP contribution is 2.29. The fraction of sp³-hybridized carbons (Fsp3) is 0.516. The van der Waals surface area contributed by atoms with E-state index in [1.54, 1.807) is 56.5 Å². The average Bonchev–Trinajstić information content (AvgIpc) is 2.87. The van der Waals surface area contributed by atoms with E-state index in [1.807, 2.05) is 37.4 Å². The predicted molar refractivity (Wildman–Crippen MR) is 163 cm³/mol. The number of carbonyl (C=O) groups excluding carboxylic acids is 3. The van der Waals surface area contributed by atoms with Crippen LogP contribution in [0.2, 0.25) is 0 Å². The fourth-order valence-corrected chi connectivity index (χ4v) is 4.75. The Labute approximate surface area is 243 Å². The van der Waals surface area contributed by atoms with E-state index in [0.29, 0.717) is 42.0 Å². The van der Waals surface area contributed by atoms with E-state index in [0.717, 1.165) is 18.4 Å². The highest BCUT2D eigenvalue weighted by Gasteiger charge is 2.36. The first-order valence-electron chi connectivity index (χ1n) is 13.8. The minimum absolute atomic E-state index is 0.107. The molecule has 3 N–H and O–H groups in total. The van der Waals surface area contributed by atoms with Crippen LogP contribution in [0.1, 0.15) is 76.1 Å². The molecule has 0 heterocycles. The molecule has 0 aromatic heterocycles.